The largest absolute Gasteiger partial charge is 0.395 e. The topological polar surface area (TPSA) is 91.5 Å². The van der Waals surface area contributed by atoms with Crippen molar-refractivity contribution < 1.29 is 14.4 Å². The SMILES string of the molecule is CCc1noc(-c2ccc(CCNC(=O)N(CCO)Cc3ccsc3)cc2)n1. The lowest BCUT2D eigenvalue weighted by Crippen LogP contribution is -2.41. The minimum Gasteiger partial charge on any atom is -0.395 e. The van der Waals surface area contributed by atoms with Crippen molar-refractivity contribution in [1.82, 2.24) is 20.4 Å². The highest BCUT2D eigenvalue weighted by molar-refractivity contribution is 7.07. The Morgan fingerprint density at radius 1 is 1.25 bits per heavy atom. The van der Waals surface area contributed by atoms with Gasteiger partial charge in [-0.2, -0.15) is 16.3 Å². The monoisotopic (exact) mass is 400 g/mol. The lowest BCUT2D eigenvalue weighted by molar-refractivity contribution is 0.174. The number of hydrogen-bond acceptors (Lipinski definition) is 6. The number of amides is 2. The third-order valence-corrected chi connectivity index (χ3v) is 5.02. The number of carbonyl (C=O) groups is 1. The van der Waals surface area contributed by atoms with Crippen molar-refractivity contribution in [2.75, 3.05) is 19.7 Å². The molecule has 0 fully saturated rings. The molecule has 0 unspecified atom stereocenters. The second kappa shape index (κ2) is 10.0. The smallest absolute Gasteiger partial charge is 0.317 e. The van der Waals surface area contributed by atoms with Crippen LogP contribution in [0.5, 0.6) is 0 Å². The maximum atomic E-state index is 12.4. The van der Waals surface area contributed by atoms with Gasteiger partial charge in [0.1, 0.15) is 0 Å². The van der Waals surface area contributed by atoms with E-state index in [1.54, 1.807) is 16.2 Å². The highest BCUT2D eigenvalue weighted by atomic mass is 32.1. The molecule has 7 nitrogen and oxygen atoms in total. The first-order chi connectivity index (χ1) is 13.7. The van der Waals surface area contributed by atoms with Crippen LogP contribution in [-0.4, -0.2) is 45.9 Å². The Bertz CT molecular complexity index is 862. The summed E-state index contributed by atoms with van der Waals surface area (Å²) in [6.07, 6.45) is 1.45. The number of carbonyl (C=O) groups excluding carboxylic acids is 1. The highest BCUT2D eigenvalue weighted by Gasteiger charge is 2.13. The van der Waals surface area contributed by atoms with Crippen molar-refractivity contribution in [3.8, 4) is 11.5 Å². The van der Waals surface area contributed by atoms with Gasteiger partial charge in [0.15, 0.2) is 5.82 Å². The summed E-state index contributed by atoms with van der Waals surface area (Å²) in [6.45, 7) is 3.24. The van der Waals surface area contributed by atoms with E-state index < -0.39 is 0 Å². The molecule has 0 atom stereocenters. The van der Waals surface area contributed by atoms with Crippen LogP contribution in [0.15, 0.2) is 45.6 Å². The number of thiophene rings is 1. The van der Waals surface area contributed by atoms with E-state index in [0.717, 1.165) is 23.1 Å². The minimum absolute atomic E-state index is 0.0611. The maximum absolute atomic E-state index is 12.4. The van der Waals surface area contributed by atoms with E-state index >= 15 is 0 Å². The molecule has 0 aliphatic rings. The first-order valence-corrected chi connectivity index (χ1v) is 10.2. The third-order valence-electron chi connectivity index (χ3n) is 4.29. The van der Waals surface area contributed by atoms with E-state index in [1.807, 2.05) is 48.0 Å². The first kappa shape index (κ1) is 20.0. The van der Waals surface area contributed by atoms with Crippen LogP contribution < -0.4 is 5.32 Å². The third kappa shape index (κ3) is 5.40. The number of benzene rings is 1. The van der Waals surface area contributed by atoms with Gasteiger partial charge in [-0.25, -0.2) is 4.79 Å². The molecule has 0 radical (unpaired) electrons. The average molecular weight is 401 g/mol. The molecule has 2 heterocycles. The second-order valence-corrected chi connectivity index (χ2v) is 7.10. The summed E-state index contributed by atoms with van der Waals surface area (Å²) in [5.41, 5.74) is 3.05. The average Bonchev–Trinajstić information content (AvgIpc) is 3.40. The number of urea groups is 1. The van der Waals surface area contributed by atoms with Crippen LogP contribution in [-0.2, 0) is 19.4 Å². The van der Waals surface area contributed by atoms with Crippen LogP contribution in [0.1, 0.15) is 23.9 Å². The number of aromatic nitrogens is 2. The summed E-state index contributed by atoms with van der Waals surface area (Å²) >= 11 is 1.59. The molecule has 148 valence electrons. The maximum Gasteiger partial charge on any atom is 0.317 e. The lowest BCUT2D eigenvalue weighted by atomic mass is 10.1. The Balaban J connectivity index is 1.49. The van der Waals surface area contributed by atoms with Gasteiger partial charge < -0.3 is 19.8 Å². The van der Waals surface area contributed by atoms with E-state index in [1.165, 1.54) is 0 Å². The molecule has 28 heavy (non-hydrogen) atoms. The van der Waals surface area contributed by atoms with Gasteiger partial charge in [0, 0.05) is 31.6 Å². The van der Waals surface area contributed by atoms with Crippen LogP contribution in [0, 0.1) is 0 Å². The summed E-state index contributed by atoms with van der Waals surface area (Å²) in [5, 5.41) is 20.0. The Morgan fingerprint density at radius 3 is 2.71 bits per heavy atom. The molecule has 2 amide bonds. The van der Waals surface area contributed by atoms with Crippen LogP contribution in [0.25, 0.3) is 11.5 Å². The lowest BCUT2D eigenvalue weighted by Gasteiger charge is -2.21. The molecule has 0 spiro atoms. The Hall–Kier alpha value is -2.71. The molecule has 1 aromatic carbocycles. The number of nitrogens with zero attached hydrogens (tertiary/aromatic N) is 3. The van der Waals surface area contributed by atoms with Gasteiger partial charge in [-0.1, -0.05) is 24.2 Å². The van der Waals surface area contributed by atoms with E-state index in [0.29, 0.717) is 37.8 Å². The summed E-state index contributed by atoms with van der Waals surface area (Å²) in [5.74, 6) is 1.21. The second-order valence-electron chi connectivity index (χ2n) is 6.32. The molecular formula is C20H24N4O3S. The highest BCUT2D eigenvalue weighted by Crippen LogP contribution is 2.18. The number of aliphatic hydroxyl groups is 1. The summed E-state index contributed by atoms with van der Waals surface area (Å²) in [6, 6.07) is 9.69. The molecule has 0 aliphatic heterocycles. The van der Waals surface area contributed by atoms with E-state index in [9.17, 15) is 9.90 Å². The molecule has 2 aromatic heterocycles. The zero-order chi connectivity index (χ0) is 19.8. The van der Waals surface area contributed by atoms with Crippen molar-refractivity contribution in [2.24, 2.45) is 0 Å². The molecule has 8 heteroatoms. The first-order valence-electron chi connectivity index (χ1n) is 9.26. The number of rotatable bonds is 9. The predicted molar refractivity (Wildman–Crippen MR) is 108 cm³/mol. The van der Waals surface area contributed by atoms with Gasteiger partial charge >= 0.3 is 6.03 Å². The molecule has 0 saturated heterocycles. The Morgan fingerprint density at radius 2 is 2.07 bits per heavy atom. The van der Waals surface area contributed by atoms with Gasteiger partial charge in [-0.3, -0.25) is 0 Å². The van der Waals surface area contributed by atoms with Crippen molar-refractivity contribution >= 4 is 17.4 Å². The van der Waals surface area contributed by atoms with E-state index in [4.69, 9.17) is 4.52 Å². The van der Waals surface area contributed by atoms with Crippen LogP contribution in [0.4, 0.5) is 4.79 Å². The fourth-order valence-corrected chi connectivity index (χ4v) is 3.39. The number of aryl methyl sites for hydroxylation is 1. The molecule has 0 saturated carbocycles. The van der Waals surface area contributed by atoms with Crippen molar-refractivity contribution in [3.63, 3.8) is 0 Å². The van der Waals surface area contributed by atoms with Crippen molar-refractivity contribution in [2.45, 2.75) is 26.3 Å². The fourth-order valence-electron chi connectivity index (χ4n) is 2.73. The molecule has 0 aliphatic carbocycles. The number of nitrogens with one attached hydrogen (secondary N) is 1. The zero-order valence-corrected chi connectivity index (χ0v) is 16.6. The van der Waals surface area contributed by atoms with E-state index in [2.05, 4.69) is 15.5 Å². The Kier molecular flexibility index (Phi) is 7.16. The zero-order valence-electron chi connectivity index (χ0n) is 15.8. The number of aliphatic hydroxyl groups excluding tert-OH is 1. The molecule has 2 N–H and O–H groups in total. The van der Waals surface area contributed by atoms with Crippen LogP contribution >= 0.6 is 11.3 Å². The summed E-state index contributed by atoms with van der Waals surface area (Å²) in [4.78, 5) is 18.3. The molecule has 3 rings (SSSR count). The van der Waals surface area contributed by atoms with Gasteiger partial charge in [-0.05, 0) is 46.5 Å². The molecule has 3 aromatic rings. The van der Waals surface area contributed by atoms with Crippen molar-refractivity contribution in [1.29, 1.82) is 0 Å². The van der Waals surface area contributed by atoms with Crippen molar-refractivity contribution in [3.05, 3.63) is 58.0 Å². The normalized spacial score (nSPS) is 10.8. The Labute approximate surface area is 168 Å². The summed E-state index contributed by atoms with van der Waals surface area (Å²) < 4.78 is 5.24. The van der Waals surface area contributed by atoms with E-state index in [-0.39, 0.29) is 12.6 Å². The van der Waals surface area contributed by atoms with Gasteiger partial charge in [0.2, 0.25) is 0 Å². The van der Waals surface area contributed by atoms with Crippen LogP contribution in [0.2, 0.25) is 0 Å². The van der Waals surface area contributed by atoms with Crippen LogP contribution in [0.3, 0.4) is 0 Å². The standard InChI is InChI=1S/C20H24N4O3S/c1-2-18-22-19(27-23-18)17-5-3-15(4-6-17)7-9-21-20(26)24(10-11-25)13-16-8-12-28-14-16/h3-6,8,12,14,25H,2,7,9-11,13H2,1H3,(H,21,26). The van der Waals surface area contributed by atoms with Gasteiger partial charge in [0.05, 0.1) is 6.61 Å². The quantitative estimate of drug-likeness (QED) is 0.576. The number of hydrogen-bond donors (Lipinski definition) is 2. The summed E-state index contributed by atoms with van der Waals surface area (Å²) in [7, 11) is 0. The minimum atomic E-state index is -0.171. The molecule has 0 bridgehead atoms. The van der Waals surface area contributed by atoms with Gasteiger partial charge in [-0.15, -0.1) is 0 Å². The van der Waals surface area contributed by atoms with Gasteiger partial charge in [0.25, 0.3) is 5.89 Å². The fraction of sp³-hybridized carbons (Fsp3) is 0.350. The predicted octanol–water partition coefficient (Wildman–Crippen LogP) is 3.11. The molecular weight excluding hydrogens is 376 g/mol.